The highest BCUT2D eigenvalue weighted by Gasteiger charge is 2.34. The number of aromatic nitrogens is 4. The Morgan fingerprint density at radius 1 is 1.25 bits per heavy atom. The number of aliphatic hydroxyl groups excluding tert-OH is 1. The van der Waals surface area contributed by atoms with Crippen molar-refractivity contribution < 1.29 is 9.90 Å². The van der Waals surface area contributed by atoms with Crippen LogP contribution in [0.3, 0.4) is 0 Å². The highest BCUT2D eigenvalue weighted by molar-refractivity contribution is 5.93. The number of pyridine rings is 1. The number of carbonyl (C=O) groups is 1. The standard InChI is InChI=1S/C17H19N5O2/c23-15-10-12(11-21-7-2-5-19-21)9-13(15)20-17(24)14-3-1-4-16-18-6-8-22(14)16/h1-8,12-13,15,23H,9-11H2,(H,20,24)/t12?,13-,15-/m1/s1. The van der Waals surface area contributed by atoms with Gasteiger partial charge in [0.05, 0.1) is 12.1 Å². The van der Waals surface area contributed by atoms with E-state index < -0.39 is 6.10 Å². The molecule has 1 aliphatic carbocycles. The van der Waals surface area contributed by atoms with Crippen LogP contribution in [0.15, 0.2) is 49.1 Å². The summed E-state index contributed by atoms with van der Waals surface area (Å²) in [6.45, 7) is 0.757. The van der Waals surface area contributed by atoms with E-state index in [0.29, 0.717) is 18.0 Å². The molecule has 2 N–H and O–H groups in total. The summed E-state index contributed by atoms with van der Waals surface area (Å²) in [5.74, 6) is 0.108. The van der Waals surface area contributed by atoms with Crippen molar-refractivity contribution in [3.05, 3.63) is 54.7 Å². The average molecular weight is 325 g/mol. The largest absolute Gasteiger partial charge is 0.391 e. The number of imidazole rings is 1. The first-order chi connectivity index (χ1) is 11.7. The summed E-state index contributed by atoms with van der Waals surface area (Å²) in [5, 5.41) is 17.5. The van der Waals surface area contributed by atoms with Crippen LogP contribution in [-0.2, 0) is 6.54 Å². The molecule has 0 bridgehead atoms. The van der Waals surface area contributed by atoms with Crippen LogP contribution in [0.2, 0.25) is 0 Å². The second-order valence-corrected chi connectivity index (χ2v) is 6.28. The number of aliphatic hydroxyl groups is 1. The van der Waals surface area contributed by atoms with E-state index in [0.717, 1.165) is 18.6 Å². The molecule has 0 aromatic carbocycles. The summed E-state index contributed by atoms with van der Waals surface area (Å²) < 4.78 is 3.62. The lowest BCUT2D eigenvalue weighted by Gasteiger charge is -2.17. The van der Waals surface area contributed by atoms with Gasteiger partial charge in [0.1, 0.15) is 11.3 Å². The van der Waals surface area contributed by atoms with Crippen molar-refractivity contribution >= 4 is 11.6 Å². The quantitative estimate of drug-likeness (QED) is 0.752. The van der Waals surface area contributed by atoms with Gasteiger partial charge in [0.2, 0.25) is 0 Å². The minimum atomic E-state index is -0.531. The molecule has 3 aromatic heterocycles. The molecular formula is C17H19N5O2. The molecule has 0 aliphatic heterocycles. The number of nitrogens with one attached hydrogen (secondary N) is 1. The summed E-state index contributed by atoms with van der Waals surface area (Å²) in [7, 11) is 0. The molecule has 7 heteroatoms. The molecule has 3 heterocycles. The van der Waals surface area contributed by atoms with Crippen molar-refractivity contribution in [3.63, 3.8) is 0 Å². The predicted molar refractivity (Wildman–Crippen MR) is 87.4 cm³/mol. The summed E-state index contributed by atoms with van der Waals surface area (Å²) in [6.07, 6.45) is 7.96. The maximum absolute atomic E-state index is 12.6. The number of nitrogens with zero attached hydrogens (tertiary/aromatic N) is 4. The monoisotopic (exact) mass is 325 g/mol. The summed E-state index contributed by atoms with van der Waals surface area (Å²) in [6, 6.07) is 7.06. The number of rotatable bonds is 4. The molecule has 0 radical (unpaired) electrons. The Hall–Kier alpha value is -2.67. The molecule has 7 nitrogen and oxygen atoms in total. The van der Waals surface area contributed by atoms with E-state index in [9.17, 15) is 9.90 Å². The molecule has 1 aliphatic rings. The fourth-order valence-electron chi connectivity index (χ4n) is 3.47. The van der Waals surface area contributed by atoms with Crippen molar-refractivity contribution in [3.8, 4) is 0 Å². The number of fused-ring (bicyclic) bond motifs is 1. The van der Waals surface area contributed by atoms with Gasteiger partial charge in [-0.05, 0) is 37.0 Å². The molecule has 24 heavy (non-hydrogen) atoms. The van der Waals surface area contributed by atoms with Gasteiger partial charge in [-0.2, -0.15) is 5.10 Å². The van der Waals surface area contributed by atoms with Gasteiger partial charge in [-0.25, -0.2) is 4.98 Å². The first kappa shape index (κ1) is 14.9. The fraction of sp³-hybridized carbons (Fsp3) is 0.353. The van der Waals surface area contributed by atoms with Crippen molar-refractivity contribution in [1.29, 1.82) is 0 Å². The second-order valence-electron chi connectivity index (χ2n) is 6.28. The zero-order valence-corrected chi connectivity index (χ0v) is 13.1. The Morgan fingerprint density at radius 2 is 2.17 bits per heavy atom. The summed E-state index contributed by atoms with van der Waals surface area (Å²) >= 11 is 0. The van der Waals surface area contributed by atoms with Crippen molar-refractivity contribution in [2.45, 2.75) is 31.5 Å². The van der Waals surface area contributed by atoms with E-state index in [4.69, 9.17) is 0 Å². The lowest BCUT2D eigenvalue weighted by atomic mass is 10.1. The molecule has 0 saturated heterocycles. The molecule has 1 saturated carbocycles. The second kappa shape index (κ2) is 6.09. The molecule has 1 fully saturated rings. The first-order valence-corrected chi connectivity index (χ1v) is 8.09. The molecule has 3 aromatic rings. The summed E-state index contributed by atoms with van der Waals surface area (Å²) in [5.41, 5.74) is 1.25. The SMILES string of the molecule is O=C(N[C@@H]1CC(Cn2cccn2)C[C@H]1O)c1cccc2nccn12. The van der Waals surface area contributed by atoms with E-state index >= 15 is 0 Å². The first-order valence-electron chi connectivity index (χ1n) is 8.09. The van der Waals surface area contributed by atoms with Crippen molar-refractivity contribution in [2.75, 3.05) is 0 Å². The molecule has 124 valence electrons. The van der Waals surface area contributed by atoms with Crippen LogP contribution in [0, 0.1) is 5.92 Å². The van der Waals surface area contributed by atoms with Gasteiger partial charge in [0.15, 0.2) is 0 Å². The van der Waals surface area contributed by atoms with E-state index in [-0.39, 0.29) is 11.9 Å². The molecule has 4 rings (SSSR count). The van der Waals surface area contributed by atoms with E-state index in [1.165, 1.54) is 0 Å². The highest BCUT2D eigenvalue weighted by atomic mass is 16.3. The van der Waals surface area contributed by atoms with Crippen molar-refractivity contribution in [1.82, 2.24) is 24.5 Å². The van der Waals surface area contributed by atoms with Gasteiger partial charge in [0.25, 0.3) is 5.91 Å². The Bertz CT molecular complexity index is 842. The molecule has 1 amide bonds. The number of hydrogen-bond acceptors (Lipinski definition) is 4. The number of carbonyl (C=O) groups excluding carboxylic acids is 1. The van der Waals surface area contributed by atoms with E-state index in [1.54, 1.807) is 29.1 Å². The molecule has 1 unspecified atom stereocenters. The number of amides is 1. The highest BCUT2D eigenvalue weighted by Crippen LogP contribution is 2.27. The normalized spacial score (nSPS) is 23.6. The third-order valence-corrected chi connectivity index (χ3v) is 4.61. The van der Waals surface area contributed by atoms with Gasteiger partial charge in [-0.1, -0.05) is 6.07 Å². The molecule has 3 atom stereocenters. The molecular weight excluding hydrogens is 306 g/mol. The van der Waals surface area contributed by atoms with Gasteiger partial charge >= 0.3 is 0 Å². The van der Waals surface area contributed by atoms with Gasteiger partial charge in [-0.3, -0.25) is 13.9 Å². The van der Waals surface area contributed by atoms with E-state index in [1.807, 2.05) is 29.1 Å². The van der Waals surface area contributed by atoms with Crippen LogP contribution < -0.4 is 5.32 Å². The van der Waals surface area contributed by atoms with Crippen LogP contribution >= 0.6 is 0 Å². The van der Waals surface area contributed by atoms with Crippen LogP contribution in [0.1, 0.15) is 23.3 Å². The maximum atomic E-state index is 12.6. The van der Waals surface area contributed by atoms with Crippen molar-refractivity contribution in [2.24, 2.45) is 5.92 Å². The Balaban J connectivity index is 1.45. The Kier molecular flexibility index (Phi) is 3.78. The summed E-state index contributed by atoms with van der Waals surface area (Å²) in [4.78, 5) is 16.8. The van der Waals surface area contributed by atoms with Gasteiger partial charge in [-0.15, -0.1) is 0 Å². The average Bonchev–Trinajstić information content (AvgIpc) is 3.29. The lowest BCUT2D eigenvalue weighted by molar-refractivity contribution is 0.0866. The minimum Gasteiger partial charge on any atom is -0.391 e. The zero-order valence-electron chi connectivity index (χ0n) is 13.1. The van der Waals surface area contributed by atoms with Crippen LogP contribution in [0.4, 0.5) is 0 Å². The number of hydrogen-bond donors (Lipinski definition) is 2. The predicted octanol–water partition coefficient (Wildman–Crippen LogP) is 1.10. The Morgan fingerprint density at radius 3 is 3.00 bits per heavy atom. The smallest absolute Gasteiger partial charge is 0.268 e. The Labute approximate surface area is 138 Å². The fourth-order valence-corrected chi connectivity index (χ4v) is 3.47. The van der Waals surface area contributed by atoms with Crippen LogP contribution in [0.5, 0.6) is 0 Å². The zero-order chi connectivity index (χ0) is 16.5. The van der Waals surface area contributed by atoms with Gasteiger partial charge < -0.3 is 10.4 Å². The van der Waals surface area contributed by atoms with Crippen LogP contribution in [0.25, 0.3) is 5.65 Å². The third-order valence-electron chi connectivity index (χ3n) is 4.61. The van der Waals surface area contributed by atoms with Gasteiger partial charge in [0, 0.05) is 31.3 Å². The van der Waals surface area contributed by atoms with E-state index in [2.05, 4.69) is 15.4 Å². The van der Waals surface area contributed by atoms with Crippen LogP contribution in [-0.4, -0.2) is 42.3 Å². The third kappa shape index (κ3) is 2.78. The minimum absolute atomic E-state index is 0.192. The lowest BCUT2D eigenvalue weighted by Crippen LogP contribution is -2.40. The maximum Gasteiger partial charge on any atom is 0.268 e. The molecule has 0 spiro atoms. The topological polar surface area (TPSA) is 84.5 Å².